The summed E-state index contributed by atoms with van der Waals surface area (Å²) in [6.07, 6.45) is 1.88. The average molecular weight is 411 g/mol. The molecule has 19 heavy (non-hydrogen) atoms. The first-order valence-electron chi connectivity index (χ1n) is 6.52. The van der Waals surface area contributed by atoms with Gasteiger partial charge in [-0.15, -0.1) is 0 Å². The summed E-state index contributed by atoms with van der Waals surface area (Å²) in [5, 5.41) is 0. The number of nitrogens with two attached hydrogens (primary N) is 1. The molecule has 0 aliphatic heterocycles. The molecule has 0 bridgehead atoms. The van der Waals surface area contributed by atoms with Gasteiger partial charge in [0.2, 0.25) is 0 Å². The maximum absolute atomic E-state index is 5.99. The summed E-state index contributed by atoms with van der Waals surface area (Å²) in [6, 6.07) is 4.41. The molecule has 1 aromatic rings. The number of thioether (sulfide) groups is 1. The molecular weight excluding hydrogens is 390 g/mol. The zero-order valence-electron chi connectivity index (χ0n) is 11.4. The van der Waals surface area contributed by atoms with E-state index >= 15 is 0 Å². The highest BCUT2D eigenvalue weighted by atomic mass is 79.9. The van der Waals surface area contributed by atoms with E-state index in [9.17, 15) is 0 Å². The van der Waals surface area contributed by atoms with Gasteiger partial charge in [-0.1, -0.05) is 13.8 Å². The van der Waals surface area contributed by atoms with E-state index in [1.807, 2.05) is 11.8 Å². The standard InChI is InChI=1S/C14H21Br2NOS/c1-3-11(17)7-10-8-12(15)14(13(16)9-10)18-5-6-19-4-2/h8-9,11H,3-7,17H2,1-2H3. The molecule has 1 unspecified atom stereocenters. The number of hydrogen-bond donors (Lipinski definition) is 1. The first-order valence-corrected chi connectivity index (χ1v) is 9.26. The van der Waals surface area contributed by atoms with E-state index in [2.05, 4.69) is 57.8 Å². The minimum atomic E-state index is 0.214. The second kappa shape index (κ2) is 9.27. The van der Waals surface area contributed by atoms with Crippen LogP contribution in [0.3, 0.4) is 0 Å². The van der Waals surface area contributed by atoms with Crippen molar-refractivity contribution in [2.45, 2.75) is 32.7 Å². The molecule has 0 fully saturated rings. The molecule has 1 atom stereocenters. The minimum absolute atomic E-state index is 0.214. The van der Waals surface area contributed by atoms with Gasteiger partial charge < -0.3 is 10.5 Å². The summed E-state index contributed by atoms with van der Waals surface area (Å²) in [5.41, 5.74) is 7.22. The molecular formula is C14H21Br2NOS. The van der Waals surface area contributed by atoms with Crippen LogP contribution in [0.4, 0.5) is 0 Å². The van der Waals surface area contributed by atoms with E-state index in [1.165, 1.54) is 5.56 Å². The summed E-state index contributed by atoms with van der Waals surface area (Å²) in [7, 11) is 0. The maximum Gasteiger partial charge on any atom is 0.147 e. The molecule has 0 heterocycles. The molecule has 0 saturated heterocycles. The summed E-state index contributed by atoms with van der Waals surface area (Å²) in [4.78, 5) is 0. The summed E-state index contributed by atoms with van der Waals surface area (Å²) < 4.78 is 7.79. The topological polar surface area (TPSA) is 35.2 Å². The number of benzene rings is 1. The van der Waals surface area contributed by atoms with Crippen molar-refractivity contribution in [2.24, 2.45) is 5.73 Å². The Balaban J connectivity index is 2.68. The van der Waals surface area contributed by atoms with Gasteiger partial charge in [0, 0.05) is 11.8 Å². The molecule has 0 amide bonds. The summed E-state index contributed by atoms with van der Waals surface area (Å²) >= 11 is 9.03. The van der Waals surface area contributed by atoms with Crippen LogP contribution in [-0.4, -0.2) is 24.2 Å². The summed E-state index contributed by atoms with van der Waals surface area (Å²) in [5.74, 6) is 3.02. The number of ether oxygens (including phenoxy) is 1. The predicted molar refractivity (Wildman–Crippen MR) is 92.3 cm³/mol. The first-order chi connectivity index (χ1) is 9.08. The van der Waals surface area contributed by atoms with Crippen LogP contribution in [-0.2, 0) is 6.42 Å². The Morgan fingerprint density at radius 3 is 2.42 bits per heavy atom. The van der Waals surface area contributed by atoms with Gasteiger partial charge in [0.1, 0.15) is 5.75 Å². The third kappa shape index (κ3) is 6.06. The van der Waals surface area contributed by atoms with Crippen molar-refractivity contribution >= 4 is 43.6 Å². The molecule has 0 aliphatic rings. The van der Waals surface area contributed by atoms with Crippen LogP contribution >= 0.6 is 43.6 Å². The molecule has 0 saturated carbocycles. The highest BCUT2D eigenvalue weighted by Gasteiger charge is 2.10. The minimum Gasteiger partial charge on any atom is -0.490 e. The van der Waals surface area contributed by atoms with Crippen molar-refractivity contribution in [3.8, 4) is 5.75 Å². The molecule has 0 aromatic heterocycles. The van der Waals surface area contributed by atoms with Crippen LogP contribution in [0.2, 0.25) is 0 Å². The Hall–Kier alpha value is 0.290. The molecule has 108 valence electrons. The van der Waals surface area contributed by atoms with Gasteiger partial charge >= 0.3 is 0 Å². The Bertz CT molecular complexity index is 378. The molecule has 0 spiro atoms. The van der Waals surface area contributed by atoms with Crippen LogP contribution in [0.1, 0.15) is 25.8 Å². The van der Waals surface area contributed by atoms with E-state index in [1.54, 1.807) is 0 Å². The normalized spacial score (nSPS) is 12.5. The van der Waals surface area contributed by atoms with Gasteiger partial charge in [0.15, 0.2) is 0 Å². The summed E-state index contributed by atoms with van der Waals surface area (Å²) in [6.45, 7) is 4.99. The lowest BCUT2D eigenvalue weighted by Gasteiger charge is -2.14. The third-order valence-electron chi connectivity index (χ3n) is 2.76. The van der Waals surface area contributed by atoms with E-state index in [-0.39, 0.29) is 6.04 Å². The van der Waals surface area contributed by atoms with Crippen LogP contribution < -0.4 is 10.5 Å². The number of halogens is 2. The monoisotopic (exact) mass is 409 g/mol. The zero-order valence-corrected chi connectivity index (χ0v) is 15.4. The van der Waals surface area contributed by atoms with Crippen molar-refractivity contribution in [1.29, 1.82) is 0 Å². The zero-order chi connectivity index (χ0) is 14.3. The lowest BCUT2D eigenvalue weighted by molar-refractivity contribution is 0.339. The first kappa shape index (κ1) is 17.3. The molecule has 0 radical (unpaired) electrons. The van der Waals surface area contributed by atoms with E-state index in [0.717, 1.165) is 45.6 Å². The van der Waals surface area contributed by atoms with Gasteiger partial charge in [0.25, 0.3) is 0 Å². The molecule has 2 nitrogen and oxygen atoms in total. The Morgan fingerprint density at radius 1 is 1.26 bits per heavy atom. The van der Waals surface area contributed by atoms with Crippen LogP contribution in [0.15, 0.2) is 21.1 Å². The lowest BCUT2D eigenvalue weighted by Crippen LogP contribution is -2.21. The number of rotatable bonds is 8. The highest BCUT2D eigenvalue weighted by Crippen LogP contribution is 2.35. The average Bonchev–Trinajstić information content (AvgIpc) is 2.37. The predicted octanol–water partition coefficient (Wildman–Crippen LogP) is 4.62. The van der Waals surface area contributed by atoms with Gasteiger partial charge in [-0.05, 0) is 68.2 Å². The van der Waals surface area contributed by atoms with E-state index in [0.29, 0.717) is 0 Å². The maximum atomic E-state index is 5.99. The van der Waals surface area contributed by atoms with Crippen LogP contribution in [0, 0.1) is 0 Å². The second-order valence-corrected chi connectivity index (χ2v) is 7.41. The molecule has 1 aromatic carbocycles. The lowest BCUT2D eigenvalue weighted by atomic mass is 10.0. The Labute approximate surface area is 137 Å². The van der Waals surface area contributed by atoms with Crippen molar-refractivity contribution in [3.63, 3.8) is 0 Å². The quantitative estimate of drug-likeness (QED) is 0.634. The Morgan fingerprint density at radius 2 is 1.89 bits per heavy atom. The smallest absolute Gasteiger partial charge is 0.147 e. The van der Waals surface area contributed by atoms with Gasteiger partial charge in [-0.2, -0.15) is 11.8 Å². The fraction of sp³-hybridized carbons (Fsp3) is 0.571. The highest BCUT2D eigenvalue weighted by molar-refractivity contribution is 9.11. The number of hydrogen-bond acceptors (Lipinski definition) is 3. The van der Waals surface area contributed by atoms with Crippen molar-refractivity contribution in [1.82, 2.24) is 0 Å². The molecule has 0 aliphatic carbocycles. The molecule has 5 heteroatoms. The van der Waals surface area contributed by atoms with E-state index in [4.69, 9.17) is 10.5 Å². The van der Waals surface area contributed by atoms with Gasteiger partial charge in [-0.3, -0.25) is 0 Å². The Kier molecular flexibility index (Phi) is 8.46. The van der Waals surface area contributed by atoms with Gasteiger partial charge in [-0.25, -0.2) is 0 Å². The van der Waals surface area contributed by atoms with Crippen molar-refractivity contribution in [2.75, 3.05) is 18.1 Å². The van der Waals surface area contributed by atoms with Gasteiger partial charge in [0.05, 0.1) is 15.6 Å². The van der Waals surface area contributed by atoms with Crippen molar-refractivity contribution < 1.29 is 4.74 Å². The third-order valence-corrected chi connectivity index (χ3v) is 4.80. The largest absolute Gasteiger partial charge is 0.490 e. The van der Waals surface area contributed by atoms with Crippen LogP contribution in [0.5, 0.6) is 5.75 Å². The second-order valence-electron chi connectivity index (χ2n) is 4.31. The SMILES string of the molecule is CCSCCOc1c(Br)cc(CC(N)CC)cc1Br. The fourth-order valence-electron chi connectivity index (χ4n) is 1.66. The molecule has 2 N–H and O–H groups in total. The fourth-order valence-corrected chi connectivity index (χ4v) is 3.66. The van der Waals surface area contributed by atoms with E-state index < -0.39 is 0 Å². The van der Waals surface area contributed by atoms with Crippen LogP contribution in [0.25, 0.3) is 0 Å². The van der Waals surface area contributed by atoms with Crippen molar-refractivity contribution in [3.05, 3.63) is 26.6 Å². The molecule has 1 rings (SSSR count).